The van der Waals surface area contributed by atoms with E-state index in [-0.39, 0.29) is 26.2 Å². The maximum absolute atomic E-state index is 12.6. The third kappa shape index (κ3) is 7.16. The number of ketones is 2. The Morgan fingerprint density at radius 1 is 0.853 bits per heavy atom. The summed E-state index contributed by atoms with van der Waals surface area (Å²) in [6.45, 7) is 6.65. The van der Waals surface area contributed by atoms with E-state index in [2.05, 4.69) is 0 Å². The Kier molecular flexibility index (Phi) is 8.04. The average molecular weight is 467 g/mol. The van der Waals surface area contributed by atoms with Gasteiger partial charge in [-0.05, 0) is 38.5 Å². The molecule has 0 aromatic heterocycles. The van der Waals surface area contributed by atoms with Crippen LogP contribution in [-0.4, -0.2) is 65.1 Å². The van der Waals surface area contributed by atoms with Gasteiger partial charge in [-0.3, -0.25) is 14.4 Å². The number of Topliss-reactive ketones (excluding diaryl/α,β-unsaturated/α-hetero) is 2. The number of carbonyl (C=O) groups is 4. The molecule has 0 bridgehead atoms. The molecule has 0 aliphatic carbocycles. The van der Waals surface area contributed by atoms with Gasteiger partial charge in [0.2, 0.25) is 5.78 Å². The highest BCUT2D eigenvalue weighted by Crippen LogP contribution is 2.17. The van der Waals surface area contributed by atoms with E-state index >= 15 is 0 Å². The molecule has 3 rings (SSSR count). The van der Waals surface area contributed by atoms with E-state index in [0.29, 0.717) is 17.9 Å². The van der Waals surface area contributed by atoms with Gasteiger partial charge < -0.3 is 19.3 Å². The fourth-order valence-corrected chi connectivity index (χ4v) is 3.42. The predicted octanol–water partition coefficient (Wildman–Crippen LogP) is 3.49. The summed E-state index contributed by atoms with van der Waals surface area (Å²) in [5.41, 5.74) is 0.692. The third-order valence-corrected chi connectivity index (χ3v) is 5.18. The molecule has 1 aliphatic heterocycles. The first kappa shape index (κ1) is 25.0. The Balaban J connectivity index is 1.50. The molecule has 1 aliphatic rings. The quantitative estimate of drug-likeness (QED) is 0.352. The van der Waals surface area contributed by atoms with Crippen molar-refractivity contribution in [2.75, 3.05) is 26.2 Å². The van der Waals surface area contributed by atoms with Crippen molar-refractivity contribution >= 4 is 23.6 Å². The minimum Gasteiger partial charge on any atom is -0.489 e. The van der Waals surface area contributed by atoms with Crippen molar-refractivity contribution in [2.45, 2.75) is 39.4 Å². The number of rotatable bonds is 7. The number of nitrogens with zero attached hydrogens (tertiary/aromatic N) is 2. The Morgan fingerprint density at radius 3 is 2.15 bits per heavy atom. The number of hydrogen-bond acceptors (Lipinski definition) is 6. The number of hydrogen-bond donors (Lipinski definition) is 0. The van der Waals surface area contributed by atoms with E-state index < -0.39 is 35.6 Å². The summed E-state index contributed by atoms with van der Waals surface area (Å²) in [6, 6.07) is 16.2. The first-order valence-electron chi connectivity index (χ1n) is 11.2. The molecule has 0 saturated carbocycles. The number of piperazine rings is 1. The van der Waals surface area contributed by atoms with Gasteiger partial charge >= 0.3 is 6.09 Å². The van der Waals surface area contributed by atoms with Gasteiger partial charge in [0.25, 0.3) is 5.91 Å². The zero-order chi connectivity index (χ0) is 24.7. The molecule has 0 atom stereocenters. The molecular formula is C26H30N2O6. The highest BCUT2D eigenvalue weighted by molar-refractivity contribution is 6.40. The summed E-state index contributed by atoms with van der Waals surface area (Å²) >= 11 is 0. The van der Waals surface area contributed by atoms with Gasteiger partial charge in [-0.15, -0.1) is 0 Å². The summed E-state index contributed by atoms with van der Waals surface area (Å²) in [7, 11) is 0. The fraction of sp³-hybridized carbons (Fsp3) is 0.385. The van der Waals surface area contributed by atoms with Crippen LogP contribution in [0.1, 0.15) is 43.1 Å². The largest absolute Gasteiger partial charge is 0.489 e. The van der Waals surface area contributed by atoms with E-state index in [9.17, 15) is 19.2 Å². The predicted molar refractivity (Wildman–Crippen MR) is 126 cm³/mol. The number of benzene rings is 2. The lowest BCUT2D eigenvalue weighted by Crippen LogP contribution is -2.53. The normalized spacial score (nSPS) is 13.9. The molecule has 180 valence electrons. The van der Waals surface area contributed by atoms with Gasteiger partial charge in [0.1, 0.15) is 18.0 Å². The number of carbonyl (C=O) groups excluding carboxylic acids is 4. The van der Waals surface area contributed by atoms with Gasteiger partial charge in [-0.2, -0.15) is 0 Å². The molecule has 2 aromatic rings. The second kappa shape index (κ2) is 11.0. The molecule has 0 unspecified atom stereocenters. The highest BCUT2D eigenvalue weighted by Gasteiger charge is 2.30. The minimum atomic E-state index is -0.772. The standard InChI is InChI=1S/C26H30N2O6/c1-26(2,3)34-25(32)28-14-12-27(13-15-28)24(31)23(30)17-22(29)20-10-7-11-21(16-20)33-18-19-8-5-4-6-9-19/h4-11,16H,12-15,17-18H2,1-3H3. The number of amides is 2. The lowest BCUT2D eigenvalue weighted by Gasteiger charge is -2.35. The summed E-state index contributed by atoms with van der Waals surface area (Å²) in [4.78, 5) is 52.7. The molecule has 2 aromatic carbocycles. The first-order valence-corrected chi connectivity index (χ1v) is 11.2. The zero-order valence-electron chi connectivity index (χ0n) is 19.8. The van der Waals surface area contributed by atoms with Crippen LogP contribution in [-0.2, 0) is 20.9 Å². The molecule has 0 N–H and O–H groups in total. The topological polar surface area (TPSA) is 93.2 Å². The number of ether oxygens (including phenoxy) is 2. The van der Waals surface area contributed by atoms with Crippen LogP contribution >= 0.6 is 0 Å². The fourth-order valence-electron chi connectivity index (χ4n) is 3.42. The summed E-state index contributed by atoms with van der Waals surface area (Å²) in [5.74, 6) is -1.43. The van der Waals surface area contributed by atoms with Crippen molar-refractivity contribution in [2.24, 2.45) is 0 Å². The van der Waals surface area contributed by atoms with Crippen molar-refractivity contribution in [3.8, 4) is 5.75 Å². The van der Waals surface area contributed by atoms with Crippen molar-refractivity contribution in [3.05, 3.63) is 65.7 Å². The van der Waals surface area contributed by atoms with Crippen LogP contribution in [0.15, 0.2) is 54.6 Å². The average Bonchev–Trinajstić information content (AvgIpc) is 2.82. The summed E-state index contributed by atoms with van der Waals surface area (Å²) < 4.78 is 11.1. The minimum absolute atomic E-state index is 0.209. The molecule has 1 saturated heterocycles. The van der Waals surface area contributed by atoms with Crippen molar-refractivity contribution < 1.29 is 28.7 Å². The van der Waals surface area contributed by atoms with E-state index in [0.717, 1.165) is 5.56 Å². The third-order valence-electron chi connectivity index (χ3n) is 5.18. The van der Waals surface area contributed by atoms with Crippen LogP contribution in [0.3, 0.4) is 0 Å². The second-order valence-electron chi connectivity index (χ2n) is 9.08. The van der Waals surface area contributed by atoms with Crippen LogP contribution in [0.5, 0.6) is 5.75 Å². The van der Waals surface area contributed by atoms with Gasteiger partial charge in [-0.25, -0.2) is 4.79 Å². The molecule has 8 nitrogen and oxygen atoms in total. The van der Waals surface area contributed by atoms with Crippen LogP contribution in [0.2, 0.25) is 0 Å². The van der Waals surface area contributed by atoms with Crippen LogP contribution in [0.4, 0.5) is 4.79 Å². The van der Waals surface area contributed by atoms with Gasteiger partial charge in [0.05, 0.1) is 6.42 Å². The maximum atomic E-state index is 12.6. The summed E-state index contributed by atoms with van der Waals surface area (Å²) in [6.07, 6.45) is -0.969. The van der Waals surface area contributed by atoms with E-state index in [1.807, 2.05) is 30.3 Å². The van der Waals surface area contributed by atoms with Gasteiger partial charge in [0, 0.05) is 31.7 Å². The smallest absolute Gasteiger partial charge is 0.410 e. The van der Waals surface area contributed by atoms with E-state index in [4.69, 9.17) is 9.47 Å². The van der Waals surface area contributed by atoms with Crippen molar-refractivity contribution in [1.82, 2.24) is 9.80 Å². The lowest BCUT2D eigenvalue weighted by atomic mass is 10.0. The maximum Gasteiger partial charge on any atom is 0.410 e. The van der Waals surface area contributed by atoms with Gasteiger partial charge in [0.15, 0.2) is 5.78 Å². The zero-order valence-corrected chi connectivity index (χ0v) is 19.8. The van der Waals surface area contributed by atoms with E-state index in [1.54, 1.807) is 45.0 Å². The van der Waals surface area contributed by atoms with Crippen LogP contribution in [0.25, 0.3) is 0 Å². The molecule has 1 heterocycles. The molecular weight excluding hydrogens is 436 g/mol. The van der Waals surface area contributed by atoms with Crippen LogP contribution in [0, 0.1) is 0 Å². The lowest BCUT2D eigenvalue weighted by molar-refractivity contribution is -0.145. The van der Waals surface area contributed by atoms with Gasteiger partial charge in [-0.1, -0.05) is 42.5 Å². The summed E-state index contributed by atoms with van der Waals surface area (Å²) in [5, 5.41) is 0. The second-order valence-corrected chi connectivity index (χ2v) is 9.08. The van der Waals surface area contributed by atoms with E-state index in [1.165, 1.54) is 9.80 Å². The first-order chi connectivity index (χ1) is 16.1. The molecule has 1 fully saturated rings. The Labute approximate surface area is 199 Å². The molecule has 34 heavy (non-hydrogen) atoms. The SMILES string of the molecule is CC(C)(C)OC(=O)N1CCN(C(=O)C(=O)CC(=O)c2cccc(OCc3ccccc3)c2)CC1. The monoisotopic (exact) mass is 466 g/mol. The Hall–Kier alpha value is -3.68. The molecule has 0 spiro atoms. The molecule has 2 amide bonds. The Morgan fingerprint density at radius 2 is 1.50 bits per heavy atom. The highest BCUT2D eigenvalue weighted by atomic mass is 16.6. The van der Waals surface area contributed by atoms with Crippen LogP contribution < -0.4 is 4.74 Å². The molecule has 0 radical (unpaired) electrons. The molecule has 8 heteroatoms. The van der Waals surface area contributed by atoms with Crippen molar-refractivity contribution in [3.63, 3.8) is 0 Å². The van der Waals surface area contributed by atoms with Crippen molar-refractivity contribution in [1.29, 1.82) is 0 Å². The Bertz CT molecular complexity index is 1040.